The standard InChI is InChI=1S/C64H117N2O6P/c1-6-8-10-12-14-16-18-20-22-24-26-28-30-32-34-35-37-39-41-43-45-47-49-51-53-55-57-63(67)62(61-72-73(69,70)71-60-59-66(3,4)5)65-64(68)58-56-54-52-50-48-46-44-42-40-38-36-33-31-29-27-25-23-21-19-17-15-13-11-9-7-2/h9,11,15,17,21,23,27,29,33,36,40,42,46,48,62-63,67H,6-8,10,12-14,16,18-20,22,24-26,28,30-32,34-35,37-39,41,43-45,47,49-61H2,1-5H3,(H-,65,68,69,70)/p+1/b11-9-,17-15-,23-21-,29-27-,36-33-,42-40-,48-46-. The minimum atomic E-state index is -4.34. The maximum absolute atomic E-state index is 13.0. The van der Waals surface area contributed by atoms with Crippen LogP contribution in [0.25, 0.3) is 0 Å². The first-order valence-electron chi connectivity index (χ1n) is 30.5. The van der Waals surface area contributed by atoms with Crippen LogP contribution in [0.4, 0.5) is 0 Å². The Labute approximate surface area is 452 Å². The zero-order valence-electron chi connectivity index (χ0n) is 48.4. The summed E-state index contributed by atoms with van der Waals surface area (Å²) < 4.78 is 23.8. The fourth-order valence-electron chi connectivity index (χ4n) is 8.68. The number of aliphatic hydroxyl groups is 1. The summed E-state index contributed by atoms with van der Waals surface area (Å²) in [5.74, 6) is -0.176. The molecule has 0 aromatic carbocycles. The van der Waals surface area contributed by atoms with E-state index in [0.29, 0.717) is 23.9 Å². The Morgan fingerprint density at radius 3 is 1.19 bits per heavy atom. The summed E-state index contributed by atoms with van der Waals surface area (Å²) in [5.41, 5.74) is 0. The molecule has 8 nitrogen and oxygen atoms in total. The number of unbranched alkanes of at least 4 members (excludes halogenated alkanes) is 28. The van der Waals surface area contributed by atoms with Crippen molar-refractivity contribution in [2.75, 3.05) is 40.9 Å². The molecule has 0 rings (SSSR count). The van der Waals surface area contributed by atoms with Crippen molar-refractivity contribution in [3.05, 3.63) is 85.1 Å². The van der Waals surface area contributed by atoms with E-state index in [4.69, 9.17) is 9.05 Å². The number of nitrogens with one attached hydrogen (secondary N) is 1. The maximum atomic E-state index is 13.0. The number of aliphatic hydroxyl groups excluding tert-OH is 1. The molecule has 0 aliphatic heterocycles. The van der Waals surface area contributed by atoms with E-state index < -0.39 is 20.0 Å². The van der Waals surface area contributed by atoms with Crippen molar-refractivity contribution in [1.29, 1.82) is 0 Å². The molecule has 0 heterocycles. The van der Waals surface area contributed by atoms with Crippen molar-refractivity contribution in [2.45, 2.75) is 276 Å². The van der Waals surface area contributed by atoms with Crippen LogP contribution in [-0.4, -0.2) is 73.4 Å². The molecule has 0 aliphatic carbocycles. The number of amides is 1. The van der Waals surface area contributed by atoms with Crippen molar-refractivity contribution in [2.24, 2.45) is 0 Å². The highest BCUT2D eigenvalue weighted by atomic mass is 31.2. The lowest BCUT2D eigenvalue weighted by Gasteiger charge is -2.26. The van der Waals surface area contributed by atoms with Gasteiger partial charge < -0.3 is 19.8 Å². The summed E-state index contributed by atoms with van der Waals surface area (Å²) in [4.78, 5) is 23.4. The third-order valence-corrected chi connectivity index (χ3v) is 14.4. The SMILES string of the molecule is CC/C=C\C/C=C\C/C=C\C/C=C\C/C=C\C/C=C\C/C=C\CCCCCC(=O)NC(COP(=O)(O)OCC[N+](C)(C)C)C(O)CCCCCCCCCCCCCCCCCCCCCCCCCCCC. The van der Waals surface area contributed by atoms with Gasteiger partial charge in [-0.05, 0) is 70.6 Å². The highest BCUT2D eigenvalue weighted by Crippen LogP contribution is 2.43. The molecule has 0 saturated carbocycles. The molecular weight excluding hydrogens is 924 g/mol. The molecule has 9 heteroatoms. The van der Waals surface area contributed by atoms with Gasteiger partial charge in [0.1, 0.15) is 13.2 Å². The molecule has 0 saturated heterocycles. The number of carbonyl (C=O) groups is 1. The Bertz CT molecular complexity index is 1460. The molecule has 0 aromatic rings. The molecule has 0 bridgehead atoms. The fourth-order valence-corrected chi connectivity index (χ4v) is 9.41. The van der Waals surface area contributed by atoms with Gasteiger partial charge in [-0.3, -0.25) is 13.8 Å². The summed E-state index contributed by atoms with van der Waals surface area (Å²) in [7, 11) is 1.59. The molecule has 3 N–H and O–H groups in total. The molecule has 0 aliphatic rings. The van der Waals surface area contributed by atoms with Crippen LogP contribution in [0.5, 0.6) is 0 Å². The molecule has 0 aromatic heterocycles. The molecule has 424 valence electrons. The monoisotopic (exact) mass is 1040 g/mol. The predicted octanol–water partition coefficient (Wildman–Crippen LogP) is 18.8. The van der Waals surface area contributed by atoms with Gasteiger partial charge in [0.25, 0.3) is 0 Å². The van der Waals surface area contributed by atoms with E-state index in [1.807, 2.05) is 21.1 Å². The molecule has 3 unspecified atom stereocenters. The van der Waals surface area contributed by atoms with Crippen LogP contribution in [-0.2, 0) is 18.4 Å². The Hall–Kier alpha value is -2.32. The largest absolute Gasteiger partial charge is 0.472 e. The van der Waals surface area contributed by atoms with Crippen LogP contribution in [0.15, 0.2) is 85.1 Å². The quantitative estimate of drug-likeness (QED) is 0.0243. The van der Waals surface area contributed by atoms with Gasteiger partial charge in [-0.25, -0.2) is 4.57 Å². The molecule has 0 fully saturated rings. The summed E-state index contributed by atoms with van der Waals surface area (Å²) in [6, 6.07) is -0.786. The summed E-state index contributed by atoms with van der Waals surface area (Å²) in [5, 5.41) is 14.1. The molecule has 0 spiro atoms. The van der Waals surface area contributed by atoms with Crippen molar-refractivity contribution in [1.82, 2.24) is 5.32 Å². The highest BCUT2D eigenvalue weighted by molar-refractivity contribution is 7.47. The van der Waals surface area contributed by atoms with Gasteiger partial charge in [0.2, 0.25) is 5.91 Å². The number of quaternary nitrogens is 1. The van der Waals surface area contributed by atoms with E-state index in [2.05, 4.69) is 104 Å². The number of hydrogen-bond donors (Lipinski definition) is 3. The summed E-state index contributed by atoms with van der Waals surface area (Å²) in [6.07, 6.45) is 76.5. The number of carbonyl (C=O) groups excluding carboxylic acids is 1. The first-order valence-corrected chi connectivity index (χ1v) is 31.9. The van der Waals surface area contributed by atoms with Crippen LogP contribution in [0.2, 0.25) is 0 Å². The van der Waals surface area contributed by atoms with E-state index in [0.717, 1.165) is 89.9 Å². The predicted molar refractivity (Wildman–Crippen MR) is 318 cm³/mol. The van der Waals surface area contributed by atoms with Crippen LogP contribution >= 0.6 is 7.82 Å². The van der Waals surface area contributed by atoms with Crippen molar-refractivity contribution in [3.63, 3.8) is 0 Å². The van der Waals surface area contributed by atoms with E-state index in [9.17, 15) is 19.4 Å². The Kier molecular flexibility index (Phi) is 52.7. The van der Waals surface area contributed by atoms with Gasteiger partial charge in [0.05, 0.1) is 39.9 Å². The average Bonchev–Trinajstić information content (AvgIpc) is 3.35. The van der Waals surface area contributed by atoms with Crippen molar-refractivity contribution < 1.29 is 32.9 Å². The molecular formula is C64H118N2O6P+. The third kappa shape index (κ3) is 57.2. The normalized spacial score (nSPS) is 14.5. The Morgan fingerprint density at radius 1 is 0.479 bits per heavy atom. The van der Waals surface area contributed by atoms with Crippen LogP contribution < -0.4 is 5.32 Å². The first kappa shape index (κ1) is 70.7. The van der Waals surface area contributed by atoms with Crippen molar-refractivity contribution in [3.8, 4) is 0 Å². The van der Waals surface area contributed by atoms with E-state index in [-0.39, 0.29) is 19.1 Å². The van der Waals surface area contributed by atoms with Crippen LogP contribution in [0, 0.1) is 0 Å². The molecule has 73 heavy (non-hydrogen) atoms. The number of phosphoric ester groups is 1. The zero-order chi connectivity index (χ0) is 53.5. The Morgan fingerprint density at radius 2 is 0.822 bits per heavy atom. The number of likely N-dealkylation sites (N-methyl/N-ethyl adjacent to an activating group) is 1. The lowest BCUT2D eigenvalue weighted by atomic mass is 10.0. The number of nitrogens with zero attached hydrogens (tertiary/aromatic N) is 1. The second-order valence-corrected chi connectivity index (χ2v) is 23.2. The van der Waals surface area contributed by atoms with Gasteiger partial charge >= 0.3 is 7.82 Å². The van der Waals surface area contributed by atoms with E-state index in [1.165, 1.54) is 148 Å². The lowest BCUT2D eigenvalue weighted by molar-refractivity contribution is -0.870. The minimum absolute atomic E-state index is 0.0636. The second-order valence-electron chi connectivity index (χ2n) is 21.7. The van der Waals surface area contributed by atoms with Gasteiger partial charge in [-0.15, -0.1) is 0 Å². The zero-order valence-corrected chi connectivity index (χ0v) is 49.3. The number of phosphoric acid groups is 1. The fraction of sp³-hybridized carbons (Fsp3) is 0.766. The smallest absolute Gasteiger partial charge is 0.391 e. The van der Waals surface area contributed by atoms with E-state index >= 15 is 0 Å². The molecule has 0 radical (unpaired) electrons. The van der Waals surface area contributed by atoms with Gasteiger partial charge in [-0.2, -0.15) is 0 Å². The number of rotatable bonds is 55. The lowest BCUT2D eigenvalue weighted by Crippen LogP contribution is -2.46. The Balaban J connectivity index is 4.23. The highest BCUT2D eigenvalue weighted by Gasteiger charge is 2.28. The second kappa shape index (κ2) is 54.5. The van der Waals surface area contributed by atoms with Gasteiger partial charge in [0.15, 0.2) is 0 Å². The molecule has 1 amide bonds. The first-order chi connectivity index (χ1) is 35.5. The summed E-state index contributed by atoms with van der Waals surface area (Å²) in [6.45, 7) is 4.77. The topological polar surface area (TPSA) is 105 Å². The minimum Gasteiger partial charge on any atom is -0.391 e. The molecule has 3 atom stereocenters. The van der Waals surface area contributed by atoms with Gasteiger partial charge in [0, 0.05) is 6.42 Å². The van der Waals surface area contributed by atoms with Crippen molar-refractivity contribution >= 4 is 13.7 Å². The van der Waals surface area contributed by atoms with E-state index in [1.54, 1.807) is 0 Å². The van der Waals surface area contributed by atoms with Crippen LogP contribution in [0.1, 0.15) is 264 Å². The van der Waals surface area contributed by atoms with Crippen LogP contribution in [0.3, 0.4) is 0 Å². The summed E-state index contributed by atoms with van der Waals surface area (Å²) >= 11 is 0. The third-order valence-electron chi connectivity index (χ3n) is 13.4. The maximum Gasteiger partial charge on any atom is 0.472 e. The number of allylic oxidation sites excluding steroid dienone is 14. The number of hydrogen-bond acceptors (Lipinski definition) is 5. The van der Waals surface area contributed by atoms with Gasteiger partial charge in [-0.1, -0.05) is 272 Å². The average molecular weight is 1040 g/mol.